The highest BCUT2D eigenvalue weighted by Gasteiger charge is 2.27. The summed E-state index contributed by atoms with van der Waals surface area (Å²) in [4.78, 5) is 0.383. The lowest BCUT2D eigenvalue weighted by Gasteiger charge is -2.22. The van der Waals surface area contributed by atoms with Crippen LogP contribution in [0, 0.1) is 12.3 Å². The van der Waals surface area contributed by atoms with Crippen molar-refractivity contribution < 1.29 is 8.42 Å². The number of sulfone groups is 1. The SMILES string of the molecule is Cc1ccc(Br)cc1S(=O)(=O)CC(C)(C)CN. The zero-order chi connectivity index (χ0) is 13.3. The highest BCUT2D eigenvalue weighted by atomic mass is 79.9. The molecule has 0 spiro atoms. The summed E-state index contributed by atoms with van der Waals surface area (Å²) in [5, 5.41) is 0. The van der Waals surface area contributed by atoms with Gasteiger partial charge < -0.3 is 5.73 Å². The van der Waals surface area contributed by atoms with Crippen LogP contribution in [-0.2, 0) is 9.84 Å². The van der Waals surface area contributed by atoms with Gasteiger partial charge in [-0.25, -0.2) is 8.42 Å². The molecule has 0 aliphatic rings. The molecule has 3 nitrogen and oxygen atoms in total. The molecule has 0 atom stereocenters. The Morgan fingerprint density at radius 3 is 2.47 bits per heavy atom. The van der Waals surface area contributed by atoms with E-state index in [4.69, 9.17) is 5.73 Å². The van der Waals surface area contributed by atoms with Crippen molar-refractivity contribution in [1.29, 1.82) is 0 Å². The average Bonchev–Trinajstić information content (AvgIpc) is 2.20. The van der Waals surface area contributed by atoms with Gasteiger partial charge in [0.05, 0.1) is 10.6 Å². The molecule has 0 aliphatic heterocycles. The van der Waals surface area contributed by atoms with E-state index in [-0.39, 0.29) is 5.75 Å². The fraction of sp³-hybridized carbons (Fsp3) is 0.500. The fourth-order valence-corrected chi connectivity index (χ4v) is 4.24. The third-order valence-corrected chi connectivity index (χ3v) is 5.38. The van der Waals surface area contributed by atoms with Crippen LogP contribution in [-0.4, -0.2) is 20.7 Å². The van der Waals surface area contributed by atoms with E-state index in [1.807, 2.05) is 19.9 Å². The highest BCUT2D eigenvalue weighted by molar-refractivity contribution is 9.10. The van der Waals surface area contributed by atoms with Gasteiger partial charge >= 0.3 is 0 Å². The molecular weight excluding hydrogens is 302 g/mol. The van der Waals surface area contributed by atoms with Gasteiger partial charge in [0.15, 0.2) is 9.84 Å². The van der Waals surface area contributed by atoms with Crippen molar-refractivity contribution in [1.82, 2.24) is 0 Å². The summed E-state index contributed by atoms with van der Waals surface area (Å²) in [6.07, 6.45) is 0. The average molecular weight is 320 g/mol. The largest absolute Gasteiger partial charge is 0.330 e. The van der Waals surface area contributed by atoms with Crippen molar-refractivity contribution in [3.05, 3.63) is 28.2 Å². The van der Waals surface area contributed by atoms with Crippen LogP contribution in [0.25, 0.3) is 0 Å². The van der Waals surface area contributed by atoms with Crippen LogP contribution < -0.4 is 5.73 Å². The Labute approximate surface area is 111 Å². The van der Waals surface area contributed by atoms with Gasteiger partial charge in [-0.3, -0.25) is 0 Å². The van der Waals surface area contributed by atoms with Crippen LogP contribution in [0.1, 0.15) is 19.4 Å². The van der Waals surface area contributed by atoms with E-state index in [1.165, 1.54) is 0 Å². The highest BCUT2D eigenvalue weighted by Crippen LogP contribution is 2.26. The van der Waals surface area contributed by atoms with Crippen LogP contribution in [0.3, 0.4) is 0 Å². The Kier molecular flexibility index (Phi) is 4.38. The van der Waals surface area contributed by atoms with E-state index in [1.54, 1.807) is 19.1 Å². The number of aryl methyl sites for hydroxylation is 1. The maximum absolute atomic E-state index is 12.3. The van der Waals surface area contributed by atoms with E-state index >= 15 is 0 Å². The Balaban J connectivity index is 3.18. The number of hydrogen-bond acceptors (Lipinski definition) is 3. The molecule has 1 aromatic rings. The summed E-state index contributed by atoms with van der Waals surface area (Å²) in [5.41, 5.74) is 5.94. The van der Waals surface area contributed by atoms with Gasteiger partial charge in [0.25, 0.3) is 0 Å². The Hall–Kier alpha value is -0.390. The van der Waals surface area contributed by atoms with Gasteiger partial charge in [0.2, 0.25) is 0 Å². The minimum absolute atomic E-state index is 0.0633. The lowest BCUT2D eigenvalue weighted by molar-refractivity contribution is 0.425. The van der Waals surface area contributed by atoms with Gasteiger partial charge in [-0.2, -0.15) is 0 Å². The van der Waals surface area contributed by atoms with E-state index < -0.39 is 15.3 Å². The van der Waals surface area contributed by atoms with Crippen molar-refractivity contribution in [3.8, 4) is 0 Å². The Morgan fingerprint density at radius 2 is 1.94 bits per heavy atom. The summed E-state index contributed by atoms with van der Waals surface area (Å²) in [7, 11) is -3.29. The predicted molar refractivity (Wildman–Crippen MR) is 73.8 cm³/mol. The standard InChI is InChI=1S/C12H18BrNO2S/c1-9-4-5-10(13)6-11(9)17(15,16)8-12(2,3)7-14/h4-6H,7-8,14H2,1-3H3. The second kappa shape index (κ2) is 5.08. The molecule has 0 amide bonds. The molecular formula is C12H18BrNO2S. The first-order valence-corrected chi connectivity index (χ1v) is 7.81. The number of rotatable bonds is 4. The van der Waals surface area contributed by atoms with Crippen LogP contribution in [0.5, 0.6) is 0 Å². The van der Waals surface area contributed by atoms with Gasteiger partial charge in [0, 0.05) is 4.47 Å². The normalized spacial score (nSPS) is 12.8. The van der Waals surface area contributed by atoms with Gasteiger partial charge in [-0.1, -0.05) is 35.8 Å². The minimum Gasteiger partial charge on any atom is -0.330 e. The summed E-state index contributed by atoms with van der Waals surface area (Å²) in [6.45, 7) is 5.86. The summed E-state index contributed by atoms with van der Waals surface area (Å²) >= 11 is 3.30. The first-order valence-electron chi connectivity index (χ1n) is 5.37. The van der Waals surface area contributed by atoms with Crippen molar-refractivity contribution in [3.63, 3.8) is 0 Å². The predicted octanol–water partition coefficient (Wildman–Crippen LogP) is 2.52. The zero-order valence-corrected chi connectivity index (χ0v) is 12.7. The molecule has 1 aromatic carbocycles. The molecule has 2 N–H and O–H groups in total. The van der Waals surface area contributed by atoms with Gasteiger partial charge in [-0.05, 0) is 36.6 Å². The smallest absolute Gasteiger partial charge is 0.179 e. The van der Waals surface area contributed by atoms with E-state index in [0.717, 1.165) is 10.0 Å². The molecule has 0 aliphatic carbocycles. The molecule has 0 radical (unpaired) electrons. The monoisotopic (exact) mass is 319 g/mol. The maximum atomic E-state index is 12.3. The fourth-order valence-electron chi connectivity index (χ4n) is 1.56. The number of nitrogens with two attached hydrogens (primary N) is 1. The van der Waals surface area contributed by atoms with Crippen LogP contribution in [0.4, 0.5) is 0 Å². The van der Waals surface area contributed by atoms with E-state index in [9.17, 15) is 8.42 Å². The molecule has 0 heterocycles. The molecule has 0 saturated carbocycles. The molecule has 5 heteroatoms. The second-order valence-electron chi connectivity index (χ2n) is 5.04. The lowest BCUT2D eigenvalue weighted by atomic mass is 9.97. The third-order valence-electron chi connectivity index (χ3n) is 2.62. The minimum atomic E-state index is -3.29. The van der Waals surface area contributed by atoms with Crippen molar-refractivity contribution in [2.24, 2.45) is 11.1 Å². The van der Waals surface area contributed by atoms with E-state index in [0.29, 0.717) is 11.4 Å². The van der Waals surface area contributed by atoms with E-state index in [2.05, 4.69) is 15.9 Å². The summed E-state index contributed by atoms with van der Waals surface area (Å²) in [6, 6.07) is 5.28. The van der Waals surface area contributed by atoms with Crippen LogP contribution in [0.2, 0.25) is 0 Å². The molecule has 1 rings (SSSR count). The van der Waals surface area contributed by atoms with Crippen molar-refractivity contribution in [2.45, 2.75) is 25.7 Å². The molecule has 17 heavy (non-hydrogen) atoms. The zero-order valence-electron chi connectivity index (χ0n) is 10.3. The van der Waals surface area contributed by atoms with Crippen LogP contribution >= 0.6 is 15.9 Å². The molecule has 0 unspecified atom stereocenters. The molecule has 96 valence electrons. The number of halogens is 1. The van der Waals surface area contributed by atoms with Gasteiger partial charge in [0.1, 0.15) is 0 Å². The molecule has 0 aromatic heterocycles. The number of benzene rings is 1. The maximum Gasteiger partial charge on any atom is 0.179 e. The first-order chi connectivity index (χ1) is 7.68. The first kappa shape index (κ1) is 14.7. The molecule has 0 fully saturated rings. The van der Waals surface area contributed by atoms with Crippen molar-refractivity contribution >= 4 is 25.8 Å². The third kappa shape index (κ3) is 3.79. The topological polar surface area (TPSA) is 60.2 Å². The molecule has 0 bridgehead atoms. The van der Waals surface area contributed by atoms with Crippen molar-refractivity contribution in [2.75, 3.05) is 12.3 Å². The lowest BCUT2D eigenvalue weighted by Crippen LogP contribution is -2.32. The second-order valence-corrected chi connectivity index (χ2v) is 7.91. The quantitative estimate of drug-likeness (QED) is 0.927. The Morgan fingerprint density at radius 1 is 1.35 bits per heavy atom. The van der Waals surface area contributed by atoms with Crippen LogP contribution in [0.15, 0.2) is 27.6 Å². The summed E-state index contributed by atoms with van der Waals surface area (Å²) < 4.78 is 25.4. The Bertz CT molecular complexity index is 509. The number of hydrogen-bond donors (Lipinski definition) is 1. The molecule has 0 saturated heterocycles. The van der Waals surface area contributed by atoms with Gasteiger partial charge in [-0.15, -0.1) is 0 Å². The summed E-state index contributed by atoms with van der Waals surface area (Å²) in [5.74, 6) is 0.0633.